The minimum atomic E-state index is 0.899. The number of aromatic nitrogens is 1. The first-order valence-electron chi connectivity index (χ1n) is 7.09. The quantitative estimate of drug-likeness (QED) is 0.866. The molecule has 1 heterocycles. The fourth-order valence-electron chi connectivity index (χ4n) is 2.87. The highest BCUT2D eigenvalue weighted by Gasteiger charge is 2.15. The molecule has 0 spiro atoms. The molecular formula is C15H25N3. The van der Waals surface area contributed by atoms with Crippen molar-refractivity contribution >= 4 is 5.69 Å². The van der Waals surface area contributed by atoms with Gasteiger partial charge in [-0.3, -0.25) is 4.98 Å². The van der Waals surface area contributed by atoms with E-state index in [0.29, 0.717) is 0 Å². The zero-order valence-electron chi connectivity index (χ0n) is 11.7. The van der Waals surface area contributed by atoms with E-state index >= 15 is 0 Å². The van der Waals surface area contributed by atoms with Gasteiger partial charge in [0.2, 0.25) is 0 Å². The van der Waals surface area contributed by atoms with E-state index in [2.05, 4.69) is 28.3 Å². The molecule has 0 aliphatic heterocycles. The van der Waals surface area contributed by atoms with Crippen LogP contribution in [0, 0.1) is 5.92 Å². The second kappa shape index (κ2) is 6.74. The lowest BCUT2D eigenvalue weighted by atomic mass is 9.89. The van der Waals surface area contributed by atoms with Gasteiger partial charge in [0.25, 0.3) is 0 Å². The van der Waals surface area contributed by atoms with Crippen molar-refractivity contribution in [3.05, 3.63) is 24.0 Å². The summed E-state index contributed by atoms with van der Waals surface area (Å²) in [6.07, 6.45) is 8.99. The second-order valence-electron chi connectivity index (χ2n) is 5.49. The van der Waals surface area contributed by atoms with Crippen LogP contribution in [0.2, 0.25) is 0 Å². The molecule has 1 aliphatic rings. The monoisotopic (exact) mass is 247 g/mol. The Morgan fingerprint density at radius 2 is 2.11 bits per heavy atom. The fraction of sp³-hybridized carbons (Fsp3) is 0.667. The predicted octanol–water partition coefficient (Wildman–Crippen LogP) is 3.14. The van der Waals surface area contributed by atoms with Gasteiger partial charge in [-0.1, -0.05) is 19.3 Å². The lowest BCUT2D eigenvalue weighted by molar-refractivity contribution is 0.226. The summed E-state index contributed by atoms with van der Waals surface area (Å²) >= 11 is 0. The Labute approximate surface area is 111 Å². The van der Waals surface area contributed by atoms with E-state index in [-0.39, 0.29) is 0 Å². The molecule has 3 heteroatoms. The maximum Gasteiger partial charge on any atom is 0.0564 e. The Bertz CT molecular complexity index is 359. The highest BCUT2D eigenvalue weighted by Crippen LogP contribution is 2.24. The molecule has 1 fully saturated rings. The van der Waals surface area contributed by atoms with Crippen molar-refractivity contribution in [2.24, 2.45) is 5.92 Å². The molecule has 100 valence electrons. The van der Waals surface area contributed by atoms with E-state index in [1.807, 2.05) is 19.3 Å². The zero-order valence-corrected chi connectivity index (χ0v) is 11.7. The lowest BCUT2D eigenvalue weighted by Gasteiger charge is -2.26. The lowest BCUT2D eigenvalue weighted by Crippen LogP contribution is -2.27. The number of hydrogen-bond acceptors (Lipinski definition) is 3. The molecule has 0 aromatic carbocycles. The molecule has 0 radical (unpaired) electrons. The van der Waals surface area contributed by atoms with Crippen LogP contribution in [0.3, 0.4) is 0 Å². The molecule has 0 amide bonds. The summed E-state index contributed by atoms with van der Waals surface area (Å²) in [5, 5.41) is 3.16. The minimum absolute atomic E-state index is 0.899. The SMILES string of the molecule is CNc1ccnc(CN(C)CC2CCCCC2)c1. The topological polar surface area (TPSA) is 28.2 Å². The van der Waals surface area contributed by atoms with E-state index in [1.54, 1.807) is 0 Å². The van der Waals surface area contributed by atoms with Gasteiger partial charge in [0.1, 0.15) is 0 Å². The molecular weight excluding hydrogens is 222 g/mol. The normalized spacial score (nSPS) is 17.1. The molecule has 0 saturated heterocycles. The van der Waals surface area contributed by atoms with Crippen LogP contribution in [0.1, 0.15) is 37.8 Å². The summed E-state index contributed by atoms with van der Waals surface area (Å²) in [5.41, 5.74) is 2.30. The van der Waals surface area contributed by atoms with Gasteiger partial charge in [0.05, 0.1) is 5.69 Å². The van der Waals surface area contributed by atoms with Gasteiger partial charge in [-0.05, 0) is 37.9 Å². The van der Waals surface area contributed by atoms with Crippen molar-refractivity contribution in [1.29, 1.82) is 0 Å². The Balaban J connectivity index is 1.83. The van der Waals surface area contributed by atoms with Crippen LogP contribution in [-0.4, -0.2) is 30.5 Å². The summed E-state index contributed by atoms with van der Waals surface area (Å²) in [6.45, 7) is 2.16. The first kappa shape index (κ1) is 13.3. The van der Waals surface area contributed by atoms with Gasteiger partial charge >= 0.3 is 0 Å². The summed E-state index contributed by atoms with van der Waals surface area (Å²) in [6, 6.07) is 4.14. The molecule has 1 saturated carbocycles. The van der Waals surface area contributed by atoms with Gasteiger partial charge in [0.15, 0.2) is 0 Å². The molecule has 18 heavy (non-hydrogen) atoms. The Morgan fingerprint density at radius 1 is 1.33 bits per heavy atom. The maximum atomic E-state index is 4.44. The predicted molar refractivity (Wildman–Crippen MR) is 76.7 cm³/mol. The van der Waals surface area contributed by atoms with Gasteiger partial charge in [-0.15, -0.1) is 0 Å². The molecule has 2 rings (SSSR count). The largest absolute Gasteiger partial charge is 0.388 e. The number of hydrogen-bond donors (Lipinski definition) is 1. The third-order valence-corrected chi connectivity index (χ3v) is 3.83. The highest BCUT2D eigenvalue weighted by atomic mass is 15.1. The number of nitrogens with zero attached hydrogens (tertiary/aromatic N) is 2. The van der Waals surface area contributed by atoms with Gasteiger partial charge in [-0.25, -0.2) is 0 Å². The molecule has 1 aromatic rings. The average molecular weight is 247 g/mol. The third-order valence-electron chi connectivity index (χ3n) is 3.83. The number of pyridine rings is 1. The van der Waals surface area contributed by atoms with Crippen LogP contribution in [0.5, 0.6) is 0 Å². The average Bonchev–Trinajstić information content (AvgIpc) is 2.40. The number of nitrogens with one attached hydrogen (secondary N) is 1. The first-order chi connectivity index (χ1) is 8.78. The van der Waals surface area contributed by atoms with Crippen LogP contribution in [0.4, 0.5) is 5.69 Å². The molecule has 0 bridgehead atoms. The summed E-state index contributed by atoms with van der Waals surface area (Å²) < 4.78 is 0. The van der Waals surface area contributed by atoms with E-state index in [9.17, 15) is 0 Å². The second-order valence-corrected chi connectivity index (χ2v) is 5.49. The van der Waals surface area contributed by atoms with Crippen molar-refractivity contribution < 1.29 is 0 Å². The molecule has 3 nitrogen and oxygen atoms in total. The molecule has 0 atom stereocenters. The number of anilines is 1. The van der Waals surface area contributed by atoms with Gasteiger partial charge in [-0.2, -0.15) is 0 Å². The maximum absolute atomic E-state index is 4.44. The standard InChI is InChI=1S/C15H25N3/c1-16-14-8-9-17-15(10-14)12-18(2)11-13-6-4-3-5-7-13/h8-10,13H,3-7,11-12H2,1-2H3,(H,16,17). The van der Waals surface area contributed by atoms with Crippen LogP contribution in [0.25, 0.3) is 0 Å². The van der Waals surface area contributed by atoms with Crippen molar-refractivity contribution in [3.8, 4) is 0 Å². The van der Waals surface area contributed by atoms with Crippen LogP contribution in [0.15, 0.2) is 18.3 Å². The van der Waals surface area contributed by atoms with Crippen molar-refractivity contribution in [2.45, 2.75) is 38.6 Å². The smallest absolute Gasteiger partial charge is 0.0564 e. The number of rotatable bonds is 5. The summed E-state index contributed by atoms with van der Waals surface area (Å²) in [5.74, 6) is 0.899. The summed E-state index contributed by atoms with van der Waals surface area (Å²) in [7, 11) is 4.16. The van der Waals surface area contributed by atoms with Crippen LogP contribution < -0.4 is 5.32 Å². The Hall–Kier alpha value is -1.09. The minimum Gasteiger partial charge on any atom is -0.388 e. The molecule has 1 aliphatic carbocycles. The molecule has 0 unspecified atom stereocenters. The van der Waals surface area contributed by atoms with E-state index in [1.165, 1.54) is 38.6 Å². The van der Waals surface area contributed by atoms with E-state index < -0.39 is 0 Å². The first-order valence-corrected chi connectivity index (χ1v) is 7.09. The highest BCUT2D eigenvalue weighted by molar-refractivity contribution is 5.42. The Morgan fingerprint density at radius 3 is 2.83 bits per heavy atom. The van der Waals surface area contributed by atoms with Crippen molar-refractivity contribution in [2.75, 3.05) is 26.0 Å². The van der Waals surface area contributed by atoms with Crippen molar-refractivity contribution in [1.82, 2.24) is 9.88 Å². The van der Waals surface area contributed by atoms with Gasteiger partial charge in [0, 0.05) is 32.0 Å². The van der Waals surface area contributed by atoms with Crippen molar-refractivity contribution in [3.63, 3.8) is 0 Å². The fourth-order valence-corrected chi connectivity index (χ4v) is 2.87. The van der Waals surface area contributed by atoms with Crippen LogP contribution >= 0.6 is 0 Å². The Kier molecular flexibility index (Phi) is 5.00. The molecule has 1 aromatic heterocycles. The van der Waals surface area contributed by atoms with E-state index in [0.717, 1.165) is 23.8 Å². The molecule has 1 N–H and O–H groups in total. The van der Waals surface area contributed by atoms with Crippen LogP contribution in [-0.2, 0) is 6.54 Å². The van der Waals surface area contributed by atoms with Gasteiger partial charge < -0.3 is 10.2 Å². The van der Waals surface area contributed by atoms with E-state index in [4.69, 9.17) is 0 Å². The summed E-state index contributed by atoms with van der Waals surface area (Å²) in [4.78, 5) is 6.85. The zero-order chi connectivity index (χ0) is 12.8. The third kappa shape index (κ3) is 3.98.